The van der Waals surface area contributed by atoms with Gasteiger partial charge < -0.3 is 15.7 Å². The number of hydrogen-bond donors (Lipinski definition) is 3. The Morgan fingerprint density at radius 1 is 1.13 bits per heavy atom. The smallest absolute Gasteiger partial charge is 0.325 e. The number of aliphatic carboxylic acids is 1. The number of carboxylic acids is 1. The fraction of sp³-hybridized carbons (Fsp3) is 0.800. The highest BCUT2D eigenvalue weighted by molar-refractivity contribution is 5.86. The van der Waals surface area contributed by atoms with Gasteiger partial charge in [0.25, 0.3) is 0 Å². The summed E-state index contributed by atoms with van der Waals surface area (Å²) >= 11 is 0. The number of nitrogens with one attached hydrogen (secondary N) is 2. The number of carbonyl (C=O) groups excluding carboxylic acids is 1. The predicted octanol–water partition coefficient (Wildman–Crippen LogP) is 0.352. The van der Waals surface area contributed by atoms with Gasteiger partial charge in [-0.05, 0) is 34.6 Å². The lowest BCUT2D eigenvalue weighted by Crippen LogP contribution is -2.52. The molecule has 1 amide bonds. The zero-order valence-corrected chi connectivity index (χ0v) is 9.92. The summed E-state index contributed by atoms with van der Waals surface area (Å²) in [5.74, 6) is -1.34. The third-order valence-electron chi connectivity index (χ3n) is 1.77. The van der Waals surface area contributed by atoms with Crippen LogP contribution in [0.4, 0.5) is 0 Å². The molecule has 0 aromatic carbocycles. The minimum absolute atomic E-state index is 0.177. The van der Waals surface area contributed by atoms with Gasteiger partial charge in [0.15, 0.2) is 0 Å². The van der Waals surface area contributed by atoms with Crippen molar-refractivity contribution in [3.8, 4) is 0 Å². The standard InChI is InChI=1S/C10H20N2O3/c1-6(12-10(3,4)5)8(13)11-7(2)9(14)15/h6-7,12H,1-5H3,(H,11,13)(H,14,15)/t6-,7+/m0/s1. The Labute approximate surface area is 90.2 Å². The Morgan fingerprint density at radius 2 is 1.60 bits per heavy atom. The monoisotopic (exact) mass is 216 g/mol. The van der Waals surface area contributed by atoms with Gasteiger partial charge in [-0.15, -0.1) is 0 Å². The Bertz CT molecular complexity index is 246. The molecule has 0 spiro atoms. The van der Waals surface area contributed by atoms with E-state index in [9.17, 15) is 9.59 Å². The maximum atomic E-state index is 11.5. The van der Waals surface area contributed by atoms with Crippen molar-refractivity contribution in [3.05, 3.63) is 0 Å². The summed E-state index contributed by atoms with van der Waals surface area (Å²) in [5, 5.41) is 14.1. The fourth-order valence-electron chi connectivity index (χ4n) is 1.12. The van der Waals surface area contributed by atoms with E-state index in [1.807, 2.05) is 20.8 Å². The van der Waals surface area contributed by atoms with Crippen molar-refractivity contribution < 1.29 is 14.7 Å². The van der Waals surface area contributed by atoms with Gasteiger partial charge in [0.2, 0.25) is 5.91 Å². The molecular weight excluding hydrogens is 196 g/mol. The summed E-state index contributed by atoms with van der Waals surface area (Å²) in [4.78, 5) is 22.0. The van der Waals surface area contributed by atoms with Gasteiger partial charge in [-0.2, -0.15) is 0 Å². The average molecular weight is 216 g/mol. The summed E-state index contributed by atoms with van der Waals surface area (Å²) in [7, 11) is 0. The van der Waals surface area contributed by atoms with Crippen molar-refractivity contribution in [2.75, 3.05) is 0 Å². The lowest BCUT2D eigenvalue weighted by Gasteiger charge is -2.25. The SMILES string of the molecule is C[C@H](NC(C)(C)C)C(=O)N[C@H](C)C(=O)O. The molecular formula is C10H20N2O3. The molecule has 0 saturated heterocycles. The highest BCUT2D eigenvalue weighted by Gasteiger charge is 2.22. The van der Waals surface area contributed by atoms with Crippen LogP contribution < -0.4 is 10.6 Å². The largest absolute Gasteiger partial charge is 0.480 e. The minimum Gasteiger partial charge on any atom is -0.480 e. The van der Waals surface area contributed by atoms with Gasteiger partial charge in [-0.25, -0.2) is 0 Å². The first kappa shape index (κ1) is 13.9. The van der Waals surface area contributed by atoms with Crippen molar-refractivity contribution in [3.63, 3.8) is 0 Å². The van der Waals surface area contributed by atoms with Crippen LogP contribution in [0.5, 0.6) is 0 Å². The molecule has 0 unspecified atom stereocenters. The van der Waals surface area contributed by atoms with Crippen LogP contribution in [-0.4, -0.2) is 34.6 Å². The van der Waals surface area contributed by atoms with Crippen LogP contribution in [0.2, 0.25) is 0 Å². The third-order valence-corrected chi connectivity index (χ3v) is 1.77. The normalized spacial score (nSPS) is 15.5. The van der Waals surface area contributed by atoms with Gasteiger partial charge in [-0.1, -0.05) is 0 Å². The van der Waals surface area contributed by atoms with Crippen LogP contribution in [0.1, 0.15) is 34.6 Å². The predicted molar refractivity (Wildman–Crippen MR) is 57.6 cm³/mol. The Kier molecular flexibility index (Phi) is 4.74. The van der Waals surface area contributed by atoms with Crippen molar-refractivity contribution >= 4 is 11.9 Å². The molecule has 0 fully saturated rings. The lowest BCUT2D eigenvalue weighted by molar-refractivity contribution is -0.141. The molecule has 0 aliphatic carbocycles. The molecule has 0 aromatic heterocycles. The van der Waals surface area contributed by atoms with E-state index >= 15 is 0 Å². The molecule has 0 aromatic rings. The van der Waals surface area contributed by atoms with Crippen LogP contribution >= 0.6 is 0 Å². The Morgan fingerprint density at radius 3 is 1.93 bits per heavy atom. The van der Waals surface area contributed by atoms with Gasteiger partial charge in [0.1, 0.15) is 6.04 Å². The first-order valence-corrected chi connectivity index (χ1v) is 4.94. The van der Waals surface area contributed by atoms with Crippen molar-refractivity contribution in [1.82, 2.24) is 10.6 Å². The second-order valence-electron chi connectivity index (χ2n) is 4.68. The van der Waals surface area contributed by atoms with E-state index in [0.717, 1.165) is 0 Å². The molecule has 5 nitrogen and oxygen atoms in total. The second-order valence-corrected chi connectivity index (χ2v) is 4.68. The molecule has 0 radical (unpaired) electrons. The summed E-state index contributed by atoms with van der Waals surface area (Å²) in [6.45, 7) is 8.96. The van der Waals surface area contributed by atoms with Crippen LogP contribution in [0.3, 0.4) is 0 Å². The number of carbonyl (C=O) groups is 2. The van der Waals surface area contributed by atoms with Crippen molar-refractivity contribution in [2.24, 2.45) is 0 Å². The van der Waals surface area contributed by atoms with Crippen LogP contribution in [0.25, 0.3) is 0 Å². The zero-order chi connectivity index (χ0) is 12.2. The summed E-state index contributed by atoms with van der Waals surface area (Å²) in [6.07, 6.45) is 0. The maximum Gasteiger partial charge on any atom is 0.325 e. The number of rotatable bonds is 4. The third kappa shape index (κ3) is 6.06. The first-order valence-electron chi connectivity index (χ1n) is 4.94. The second kappa shape index (κ2) is 5.11. The van der Waals surface area contributed by atoms with E-state index in [1.54, 1.807) is 6.92 Å². The number of hydrogen-bond acceptors (Lipinski definition) is 3. The number of amides is 1. The van der Waals surface area contributed by atoms with E-state index in [-0.39, 0.29) is 11.4 Å². The van der Waals surface area contributed by atoms with E-state index in [4.69, 9.17) is 5.11 Å². The van der Waals surface area contributed by atoms with Crippen molar-refractivity contribution in [2.45, 2.75) is 52.2 Å². The molecule has 0 heterocycles. The van der Waals surface area contributed by atoms with E-state index in [2.05, 4.69) is 10.6 Å². The molecule has 0 bridgehead atoms. The minimum atomic E-state index is -1.04. The van der Waals surface area contributed by atoms with E-state index < -0.39 is 18.1 Å². The van der Waals surface area contributed by atoms with Gasteiger partial charge in [0, 0.05) is 5.54 Å². The molecule has 15 heavy (non-hydrogen) atoms. The first-order chi connectivity index (χ1) is 6.63. The quantitative estimate of drug-likeness (QED) is 0.633. The van der Waals surface area contributed by atoms with E-state index in [1.165, 1.54) is 6.92 Å². The maximum absolute atomic E-state index is 11.5. The average Bonchev–Trinajstić information content (AvgIpc) is 2.00. The summed E-state index contributed by atoms with van der Waals surface area (Å²) < 4.78 is 0. The molecule has 88 valence electrons. The molecule has 0 aliphatic heterocycles. The van der Waals surface area contributed by atoms with Gasteiger partial charge in [0.05, 0.1) is 6.04 Å². The molecule has 0 aliphatic rings. The molecule has 0 rings (SSSR count). The molecule has 3 N–H and O–H groups in total. The van der Waals surface area contributed by atoms with Gasteiger partial charge >= 0.3 is 5.97 Å². The lowest BCUT2D eigenvalue weighted by atomic mass is 10.1. The summed E-state index contributed by atoms with van der Waals surface area (Å²) in [5.41, 5.74) is -0.177. The molecule has 2 atom stereocenters. The van der Waals surface area contributed by atoms with Gasteiger partial charge in [-0.3, -0.25) is 9.59 Å². The fourth-order valence-corrected chi connectivity index (χ4v) is 1.12. The van der Waals surface area contributed by atoms with Crippen molar-refractivity contribution in [1.29, 1.82) is 0 Å². The summed E-state index contributed by atoms with van der Waals surface area (Å²) in [6, 6.07) is -1.27. The highest BCUT2D eigenvalue weighted by atomic mass is 16.4. The van der Waals surface area contributed by atoms with E-state index in [0.29, 0.717) is 0 Å². The Balaban J connectivity index is 4.17. The van der Waals surface area contributed by atoms with Crippen LogP contribution in [0.15, 0.2) is 0 Å². The zero-order valence-electron chi connectivity index (χ0n) is 9.92. The topological polar surface area (TPSA) is 78.4 Å². The number of carboxylic acid groups (broad SMARTS) is 1. The molecule has 0 saturated carbocycles. The van der Waals surface area contributed by atoms with Crippen LogP contribution in [0, 0.1) is 0 Å². The van der Waals surface area contributed by atoms with Crippen LogP contribution in [-0.2, 0) is 9.59 Å². The highest BCUT2D eigenvalue weighted by Crippen LogP contribution is 2.01. The Hall–Kier alpha value is -1.10. The molecule has 5 heteroatoms.